The number of aryl methyl sites for hydroxylation is 1. The monoisotopic (exact) mass is 211 g/mol. The lowest BCUT2D eigenvalue weighted by molar-refractivity contribution is -0.0226. The average Bonchev–Trinajstić information content (AvgIpc) is 2.44. The SMILES string of the molecule is CNCc1cc(COC(C)(C)C)oc1C. The molecule has 0 saturated carbocycles. The van der Waals surface area contributed by atoms with E-state index in [4.69, 9.17) is 9.15 Å². The normalized spacial score (nSPS) is 12.1. The zero-order valence-corrected chi connectivity index (χ0v) is 10.3. The highest BCUT2D eigenvalue weighted by Crippen LogP contribution is 2.17. The first-order valence-electron chi connectivity index (χ1n) is 5.29. The third-order valence-electron chi connectivity index (χ3n) is 2.09. The summed E-state index contributed by atoms with van der Waals surface area (Å²) in [6.07, 6.45) is 0. The first-order valence-corrected chi connectivity index (χ1v) is 5.29. The minimum atomic E-state index is -0.121. The van der Waals surface area contributed by atoms with Crippen LogP contribution < -0.4 is 5.32 Å². The number of nitrogens with one attached hydrogen (secondary N) is 1. The molecule has 1 N–H and O–H groups in total. The van der Waals surface area contributed by atoms with Crippen LogP contribution in [0.2, 0.25) is 0 Å². The highest BCUT2D eigenvalue weighted by molar-refractivity contribution is 5.20. The summed E-state index contributed by atoms with van der Waals surface area (Å²) >= 11 is 0. The predicted molar refractivity (Wildman–Crippen MR) is 60.8 cm³/mol. The third kappa shape index (κ3) is 4.06. The molecule has 0 fully saturated rings. The van der Waals surface area contributed by atoms with Gasteiger partial charge in [0.1, 0.15) is 18.1 Å². The number of hydrogen-bond donors (Lipinski definition) is 1. The maximum atomic E-state index is 5.65. The Kier molecular flexibility index (Phi) is 3.94. The van der Waals surface area contributed by atoms with Crippen molar-refractivity contribution in [2.75, 3.05) is 7.05 Å². The zero-order valence-electron chi connectivity index (χ0n) is 10.3. The van der Waals surface area contributed by atoms with Crippen molar-refractivity contribution in [3.05, 3.63) is 23.2 Å². The maximum absolute atomic E-state index is 5.65. The Morgan fingerprint density at radius 2 is 2.07 bits per heavy atom. The van der Waals surface area contributed by atoms with Gasteiger partial charge in [-0.1, -0.05) is 0 Å². The Bertz CT molecular complexity index is 310. The average molecular weight is 211 g/mol. The number of furan rings is 1. The highest BCUT2D eigenvalue weighted by atomic mass is 16.5. The molecule has 0 spiro atoms. The Balaban J connectivity index is 2.59. The van der Waals surface area contributed by atoms with Crippen molar-refractivity contribution in [1.29, 1.82) is 0 Å². The first-order chi connectivity index (χ1) is 6.92. The van der Waals surface area contributed by atoms with E-state index in [0.29, 0.717) is 6.61 Å². The molecule has 1 aromatic rings. The summed E-state index contributed by atoms with van der Waals surface area (Å²) in [5.41, 5.74) is 1.08. The van der Waals surface area contributed by atoms with Crippen molar-refractivity contribution in [2.45, 2.75) is 46.4 Å². The summed E-state index contributed by atoms with van der Waals surface area (Å²) in [4.78, 5) is 0. The van der Waals surface area contributed by atoms with Gasteiger partial charge in [-0.2, -0.15) is 0 Å². The molecule has 1 aromatic heterocycles. The van der Waals surface area contributed by atoms with Crippen molar-refractivity contribution in [3.8, 4) is 0 Å². The van der Waals surface area contributed by atoms with E-state index in [1.807, 2.05) is 34.7 Å². The molecule has 1 heterocycles. The molecule has 15 heavy (non-hydrogen) atoms. The first kappa shape index (κ1) is 12.3. The Morgan fingerprint density at radius 1 is 1.40 bits per heavy atom. The molecule has 0 atom stereocenters. The van der Waals surface area contributed by atoms with Gasteiger partial charge in [-0.3, -0.25) is 0 Å². The molecule has 0 aliphatic heterocycles. The van der Waals surface area contributed by atoms with E-state index in [0.717, 1.165) is 18.1 Å². The van der Waals surface area contributed by atoms with E-state index in [9.17, 15) is 0 Å². The molecule has 0 aromatic carbocycles. The fraction of sp³-hybridized carbons (Fsp3) is 0.667. The van der Waals surface area contributed by atoms with Gasteiger partial charge in [0.15, 0.2) is 0 Å². The molecular weight excluding hydrogens is 190 g/mol. The van der Waals surface area contributed by atoms with Crippen molar-refractivity contribution >= 4 is 0 Å². The number of hydrogen-bond acceptors (Lipinski definition) is 3. The molecule has 0 aliphatic rings. The predicted octanol–water partition coefficient (Wildman–Crippen LogP) is 2.62. The van der Waals surface area contributed by atoms with E-state index in [1.165, 1.54) is 5.56 Å². The molecule has 0 saturated heterocycles. The lowest BCUT2D eigenvalue weighted by Gasteiger charge is -2.18. The van der Waals surface area contributed by atoms with Crippen molar-refractivity contribution in [1.82, 2.24) is 5.32 Å². The van der Waals surface area contributed by atoms with Crippen LogP contribution in [0.5, 0.6) is 0 Å². The van der Waals surface area contributed by atoms with E-state index >= 15 is 0 Å². The van der Waals surface area contributed by atoms with Crippen LogP contribution in [0.4, 0.5) is 0 Å². The fourth-order valence-corrected chi connectivity index (χ4v) is 1.31. The van der Waals surface area contributed by atoms with Gasteiger partial charge in [0.25, 0.3) is 0 Å². The van der Waals surface area contributed by atoms with Crippen LogP contribution in [-0.4, -0.2) is 12.6 Å². The molecule has 0 aliphatic carbocycles. The lowest BCUT2D eigenvalue weighted by Crippen LogP contribution is -2.18. The quantitative estimate of drug-likeness (QED) is 0.831. The van der Waals surface area contributed by atoms with Crippen LogP contribution >= 0.6 is 0 Å². The summed E-state index contributed by atoms with van der Waals surface area (Å²) in [7, 11) is 1.93. The van der Waals surface area contributed by atoms with Gasteiger partial charge in [0.05, 0.1) is 5.60 Å². The number of ether oxygens (including phenoxy) is 1. The molecule has 1 rings (SSSR count). The van der Waals surface area contributed by atoms with E-state index in [1.54, 1.807) is 0 Å². The number of rotatable bonds is 4. The molecule has 86 valence electrons. The van der Waals surface area contributed by atoms with Gasteiger partial charge in [0, 0.05) is 12.1 Å². The largest absolute Gasteiger partial charge is 0.464 e. The standard InChI is InChI=1S/C12H21NO2/c1-9-10(7-13-5)6-11(15-9)8-14-12(2,3)4/h6,13H,7-8H2,1-5H3. The van der Waals surface area contributed by atoms with Gasteiger partial charge in [-0.15, -0.1) is 0 Å². The van der Waals surface area contributed by atoms with Gasteiger partial charge in [-0.25, -0.2) is 0 Å². The van der Waals surface area contributed by atoms with Gasteiger partial charge < -0.3 is 14.5 Å². The van der Waals surface area contributed by atoms with Crippen LogP contribution in [0.3, 0.4) is 0 Å². The van der Waals surface area contributed by atoms with Crippen molar-refractivity contribution in [2.24, 2.45) is 0 Å². The van der Waals surface area contributed by atoms with Crippen molar-refractivity contribution < 1.29 is 9.15 Å². The minimum absolute atomic E-state index is 0.121. The molecule has 0 radical (unpaired) electrons. The minimum Gasteiger partial charge on any atom is -0.464 e. The van der Waals surface area contributed by atoms with Gasteiger partial charge >= 0.3 is 0 Å². The maximum Gasteiger partial charge on any atom is 0.130 e. The van der Waals surface area contributed by atoms with E-state index < -0.39 is 0 Å². The fourth-order valence-electron chi connectivity index (χ4n) is 1.31. The molecule has 0 amide bonds. The zero-order chi connectivity index (χ0) is 11.5. The topological polar surface area (TPSA) is 34.4 Å². The Labute approximate surface area is 91.8 Å². The summed E-state index contributed by atoms with van der Waals surface area (Å²) in [6, 6.07) is 2.05. The Morgan fingerprint density at radius 3 is 2.60 bits per heavy atom. The second-order valence-corrected chi connectivity index (χ2v) is 4.73. The summed E-state index contributed by atoms with van der Waals surface area (Å²) in [5.74, 6) is 1.87. The van der Waals surface area contributed by atoms with Crippen LogP contribution in [-0.2, 0) is 17.9 Å². The third-order valence-corrected chi connectivity index (χ3v) is 2.09. The van der Waals surface area contributed by atoms with E-state index in [2.05, 4.69) is 11.4 Å². The second-order valence-electron chi connectivity index (χ2n) is 4.73. The van der Waals surface area contributed by atoms with Gasteiger partial charge in [-0.05, 0) is 40.8 Å². The summed E-state index contributed by atoms with van der Waals surface area (Å²) in [6.45, 7) is 9.47. The lowest BCUT2D eigenvalue weighted by atomic mass is 10.2. The Hall–Kier alpha value is -0.800. The van der Waals surface area contributed by atoms with Gasteiger partial charge in [0.2, 0.25) is 0 Å². The molecule has 3 heteroatoms. The van der Waals surface area contributed by atoms with Crippen LogP contribution in [0.25, 0.3) is 0 Å². The summed E-state index contributed by atoms with van der Waals surface area (Å²) < 4.78 is 11.2. The molecule has 0 bridgehead atoms. The second kappa shape index (κ2) is 4.81. The van der Waals surface area contributed by atoms with Crippen LogP contribution in [0, 0.1) is 6.92 Å². The van der Waals surface area contributed by atoms with Crippen molar-refractivity contribution in [3.63, 3.8) is 0 Å². The van der Waals surface area contributed by atoms with Crippen LogP contribution in [0.1, 0.15) is 37.9 Å². The van der Waals surface area contributed by atoms with Crippen LogP contribution in [0.15, 0.2) is 10.5 Å². The summed E-state index contributed by atoms with van der Waals surface area (Å²) in [5, 5.41) is 3.11. The smallest absolute Gasteiger partial charge is 0.130 e. The van der Waals surface area contributed by atoms with E-state index in [-0.39, 0.29) is 5.60 Å². The molecular formula is C12H21NO2. The highest BCUT2D eigenvalue weighted by Gasteiger charge is 2.13. The molecule has 3 nitrogen and oxygen atoms in total. The molecule has 0 unspecified atom stereocenters.